The molecule has 25 heavy (non-hydrogen) atoms. The second-order valence-corrected chi connectivity index (χ2v) is 7.08. The van der Waals surface area contributed by atoms with E-state index in [1.54, 1.807) is 7.11 Å². The molecule has 0 aliphatic rings. The van der Waals surface area contributed by atoms with Gasteiger partial charge in [-0.2, -0.15) is 0 Å². The normalized spacial score (nSPS) is 11.4. The van der Waals surface area contributed by atoms with E-state index in [0.29, 0.717) is 13.1 Å². The first kappa shape index (κ1) is 19.1. The molecule has 0 saturated carbocycles. The van der Waals surface area contributed by atoms with Crippen molar-refractivity contribution < 1.29 is 14.6 Å². The average Bonchev–Trinajstić information content (AvgIpc) is 2.63. The van der Waals surface area contributed by atoms with Crippen LogP contribution in [0.3, 0.4) is 0 Å². The van der Waals surface area contributed by atoms with Crippen LogP contribution in [0.4, 0.5) is 4.79 Å². The quantitative estimate of drug-likeness (QED) is 0.642. The van der Waals surface area contributed by atoms with Crippen LogP contribution in [0.15, 0.2) is 36.4 Å². The maximum atomic E-state index is 11.9. The predicted octanol–water partition coefficient (Wildman–Crippen LogP) is 3.45. The highest BCUT2D eigenvalue weighted by Crippen LogP contribution is 2.22. The molecule has 136 valence electrons. The zero-order valence-corrected chi connectivity index (χ0v) is 15.3. The monoisotopic (exact) mass is 344 g/mol. The van der Waals surface area contributed by atoms with E-state index in [-0.39, 0.29) is 18.1 Å². The van der Waals surface area contributed by atoms with E-state index >= 15 is 0 Å². The van der Waals surface area contributed by atoms with Crippen molar-refractivity contribution in [3.63, 3.8) is 0 Å². The highest BCUT2D eigenvalue weighted by molar-refractivity contribution is 5.84. The molecule has 2 aromatic rings. The standard InChI is InChI=1S/C20H28N2O3/c1-20(2,14-23)9-4-10-21-19(24)22-13-15-5-6-17-12-18(25-3)8-7-16(17)11-15/h5-8,11-12,23H,4,9-10,13-14H2,1-3H3,(H2,21,22,24). The Morgan fingerprint density at radius 1 is 1.12 bits per heavy atom. The zero-order chi connectivity index (χ0) is 18.3. The van der Waals surface area contributed by atoms with Gasteiger partial charge in [-0.25, -0.2) is 4.79 Å². The van der Waals surface area contributed by atoms with Crippen molar-refractivity contribution in [2.45, 2.75) is 33.2 Å². The molecule has 5 heteroatoms. The van der Waals surface area contributed by atoms with Crippen LogP contribution in [0.5, 0.6) is 5.75 Å². The van der Waals surface area contributed by atoms with Crippen molar-refractivity contribution in [3.05, 3.63) is 42.0 Å². The van der Waals surface area contributed by atoms with Gasteiger partial charge >= 0.3 is 6.03 Å². The third kappa shape index (κ3) is 5.94. The number of carbonyl (C=O) groups excluding carboxylic acids is 1. The smallest absolute Gasteiger partial charge is 0.315 e. The van der Waals surface area contributed by atoms with E-state index in [4.69, 9.17) is 4.74 Å². The molecule has 0 spiro atoms. The summed E-state index contributed by atoms with van der Waals surface area (Å²) in [7, 11) is 1.66. The topological polar surface area (TPSA) is 70.6 Å². The molecule has 2 rings (SSSR count). The fourth-order valence-corrected chi connectivity index (χ4v) is 2.60. The van der Waals surface area contributed by atoms with E-state index in [1.807, 2.05) is 44.2 Å². The number of hydrogen-bond acceptors (Lipinski definition) is 3. The summed E-state index contributed by atoms with van der Waals surface area (Å²) in [5.41, 5.74) is 0.959. The number of aliphatic hydroxyl groups excluding tert-OH is 1. The van der Waals surface area contributed by atoms with Gasteiger partial charge in [0.15, 0.2) is 0 Å². The van der Waals surface area contributed by atoms with Crippen LogP contribution < -0.4 is 15.4 Å². The van der Waals surface area contributed by atoms with E-state index < -0.39 is 0 Å². The van der Waals surface area contributed by atoms with Crippen molar-refractivity contribution in [2.24, 2.45) is 5.41 Å². The van der Waals surface area contributed by atoms with Crippen molar-refractivity contribution in [1.29, 1.82) is 0 Å². The van der Waals surface area contributed by atoms with Crippen LogP contribution in [0, 0.1) is 5.41 Å². The van der Waals surface area contributed by atoms with Crippen LogP contribution in [0.2, 0.25) is 0 Å². The SMILES string of the molecule is COc1ccc2cc(CNC(=O)NCCCC(C)(C)CO)ccc2c1. The summed E-state index contributed by atoms with van der Waals surface area (Å²) in [4.78, 5) is 11.9. The number of rotatable bonds is 8. The Bertz CT molecular complexity index is 713. The molecule has 5 nitrogen and oxygen atoms in total. The molecule has 0 aliphatic heterocycles. The number of carbonyl (C=O) groups is 1. The van der Waals surface area contributed by atoms with E-state index in [2.05, 4.69) is 16.7 Å². The summed E-state index contributed by atoms with van der Waals surface area (Å²) in [6, 6.07) is 11.9. The fraction of sp³-hybridized carbons (Fsp3) is 0.450. The van der Waals surface area contributed by atoms with Crippen LogP contribution in [0.25, 0.3) is 10.8 Å². The first-order valence-electron chi connectivity index (χ1n) is 8.63. The van der Waals surface area contributed by atoms with Gasteiger partial charge < -0.3 is 20.5 Å². The number of urea groups is 1. The van der Waals surface area contributed by atoms with Gasteiger partial charge in [0.1, 0.15) is 5.75 Å². The second kappa shape index (κ2) is 8.72. The summed E-state index contributed by atoms with van der Waals surface area (Å²) in [5.74, 6) is 0.835. The first-order chi connectivity index (χ1) is 11.9. The van der Waals surface area contributed by atoms with Gasteiger partial charge in [-0.3, -0.25) is 0 Å². The third-order valence-corrected chi connectivity index (χ3v) is 4.31. The zero-order valence-electron chi connectivity index (χ0n) is 15.3. The molecule has 0 aliphatic carbocycles. The minimum absolute atomic E-state index is 0.0913. The lowest BCUT2D eigenvalue weighted by molar-refractivity contribution is 0.148. The lowest BCUT2D eigenvalue weighted by atomic mass is 9.89. The van der Waals surface area contributed by atoms with Gasteiger partial charge in [0.2, 0.25) is 0 Å². The van der Waals surface area contributed by atoms with Gasteiger partial charge in [0, 0.05) is 19.7 Å². The number of benzene rings is 2. The largest absolute Gasteiger partial charge is 0.497 e. The summed E-state index contributed by atoms with van der Waals surface area (Å²) < 4.78 is 5.23. The van der Waals surface area contributed by atoms with E-state index in [9.17, 15) is 9.90 Å². The summed E-state index contributed by atoms with van der Waals surface area (Å²) in [6.07, 6.45) is 1.72. The van der Waals surface area contributed by atoms with Crippen LogP contribution in [-0.2, 0) is 6.54 Å². The number of methoxy groups -OCH3 is 1. The molecular formula is C20H28N2O3. The van der Waals surface area contributed by atoms with Crippen molar-refractivity contribution in [3.8, 4) is 5.75 Å². The molecule has 0 unspecified atom stereocenters. The summed E-state index contributed by atoms with van der Waals surface area (Å²) >= 11 is 0. The Hall–Kier alpha value is -2.27. The van der Waals surface area contributed by atoms with Crippen LogP contribution in [0.1, 0.15) is 32.3 Å². The van der Waals surface area contributed by atoms with E-state index in [1.165, 1.54) is 0 Å². The van der Waals surface area contributed by atoms with Gasteiger partial charge in [0.05, 0.1) is 7.11 Å². The van der Waals surface area contributed by atoms with Crippen molar-refractivity contribution in [2.75, 3.05) is 20.3 Å². The highest BCUT2D eigenvalue weighted by atomic mass is 16.5. The molecule has 0 heterocycles. The Morgan fingerprint density at radius 3 is 2.56 bits per heavy atom. The Balaban J connectivity index is 1.78. The molecule has 0 aromatic heterocycles. The second-order valence-electron chi connectivity index (χ2n) is 7.08. The maximum absolute atomic E-state index is 11.9. The minimum Gasteiger partial charge on any atom is -0.497 e. The molecule has 0 atom stereocenters. The summed E-state index contributed by atoms with van der Waals surface area (Å²) in [6.45, 7) is 5.28. The van der Waals surface area contributed by atoms with Crippen LogP contribution >= 0.6 is 0 Å². The third-order valence-electron chi connectivity index (χ3n) is 4.31. The average molecular weight is 344 g/mol. The predicted molar refractivity (Wildman–Crippen MR) is 101 cm³/mol. The molecule has 0 bridgehead atoms. The van der Waals surface area contributed by atoms with Crippen LogP contribution in [-0.4, -0.2) is 31.4 Å². The lowest BCUT2D eigenvalue weighted by Crippen LogP contribution is -2.36. The fourth-order valence-electron chi connectivity index (χ4n) is 2.60. The Kier molecular flexibility index (Phi) is 6.65. The van der Waals surface area contributed by atoms with Gasteiger partial charge in [-0.05, 0) is 52.8 Å². The maximum Gasteiger partial charge on any atom is 0.315 e. The molecule has 2 aromatic carbocycles. The molecule has 0 fully saturated rings. The first-order valence-corrected chi connectivity index (χ1v) is 8.63. The molecule has 3 N–H and O–H groups in total. The Morgan fingerprint density at radius 2 is 1.84 bits per heavy atom. The molecule has 2 amide bonds. The molecular weight excluding hydrogens is 316 g/mol. The van der Waals surface area contributed by atoms with Gasteiger partial charge in [-0.15, -0.1) is 0 Å². The van der Waals surface area contributed by atoms with Crippen molar-refractivity contribution >= 4 is 16.8 Å². The lowest BCUT2D eigenvalue weighted by Gasteiger charge is -2.21. The number of hydrogen-bond donors (Lipinski definition) is 3. The number of amides is 2. The number of nitrogens with one attached hydrogen (secondary N) is 2. The molecule has 0 saturated heterocycles. The molecule has 0 radical (unpaired) electrons. The van der Waals surface area contributed by atoms with Crippen molar-refractivity contribution in [1.82, 2.24) is 10.6 Å². The Labute approximate surface area is 149 Å². The van der Waals surface area contributed by atoms with Gasteiger partial charge in [0.25, 0.3) is 0 Å². The number of aliphatic hydroxyl groups is 1. The highest BCUT2D eigenvalue weighted by Gasteiger charge is 2.15. The number of fused-ring (bicyclic) bond motifs is 1. The summed E-state index contributed by atoms with van der Waals surface area (Å²) in [5, 5.41) is 17.2. The van der Waals surface area contributed by atoms with E-state index in [0.717, 1.165) is 34.9 Å². The minimum atomic E-state index is -0.170. The van der Waals surface area contributed by atoms with Gasteiger partial charge in [-0.1, -0.05) is 32.0 Å². The number of ether oxygens (including phenoxy) is 1.